The number of nitriles is 2. The molecule has 0 saturated heterocycles. The Hall–Kier alpha value is -3.28. The lowest BCUT2D eigenvalue weighted by Crippen LogP contribution is -2.03. The SMILES string of the molecule is N#Cc1c(OCc2ccccc2)cc(Br)c(OCc2ccccc2)c1C#N. The Labute approximate surface area is 166 Å². The first-order valence-electron chi connectivity index (χ1n) is 8.23. The van der Waals surface area contributed by atoms with Gasteiger partial charge < -0.3 is 9.47 Å². The van der Waals surface area contributed by atoms with Crippen molar-refractivity contribution in [1.82, 2.24) is 0 Å². The fourth-order valence-corrected chi connectivity index (χ4v) is 3.07. The van der Waals surface area contributed by atoms with E-state index in [1.807, 2.05) is 60.7 Å². The molecule has 0 N–H and O–H groups in total. The van der Waals surface area contributed by atoms with Crippen molar-refractivity contribution in [2.75, 3.05) is 0 Å². The van der Waals surface area contributed by atoms with Crippen LogP contribution in [0.4, 0.5) is 0 Å². The quantitative estimate of drug-likeness (QED) is 0.540. The molecule has 0 aromatic heterocycles. The molecule has 132 valence electrons. The molecule has 4 nitrogen and oxygen atoms in total. The molecule has 3 aromatic carbocycles. The molecule has 0 aliphatic rings. The number of hydrogen-bond acceptors (Lipinski definition) is 4. The summed E-state index contributed by atoms with van der Waals surface area (Å²) in [6, 6.07) is 25.1. The van der Waals surface area contributed by atoms with E-state index in [1.54, 1.807) is 6.07 Å². The van der Waals surface area contributed by atoms with E-state index >= 15 is 0 Å². The van der Waals surface area contributed by atoms with Crippen LogP contribution < -0.4 is 9.47 Å². The second kappa shape index (κ2) is 8.89. The van der Waals surface area contributed by atoms with Crippen LogP contribution in [0, 0.1) is 22.7 Å². The first-order chi connectivity index (χ1) is 13.2. The molecular weight excluding hydrogens is 404 g/mol. The van der Waals surface area contributed by atoms with Gasteiger partial charge in [-0.15, -0.1) is 0 Å². The zero-order valence-corrected chi connectivity index (χ0v) is 15.9. The predicted octanol–water partition coefficient (Wildman–Crippen LogP) is 5.35. The predicted molar refractivity (Wildman–Crippen MR) is 105 cm³/mol. The smallest absolute Gasteiger partial charge is 0.153 e. The first-order valence-corrected chi connectivity index (χ1v) is 9.02. The Morgan fingerprint density at radius 1 is 0.741 bits per heavy atom. The van der Waals surface area contributed by atoms with E-state index in [0.717, 1.165) is 11.1 Å². The molecular formula is C22H15BrN2O2. The number of rotatable bonds is 6. The monoisotopic (exact) mass is 418 g/mol. The Morgan fingerprint density at radius 3 is 1.78 bits per heavy atom. The summed E-state index contributed by atoms with van der Waals surface area (Å²) in [5.74, 6) is 0.682. The standard InChI is InChI=1S/C22H15BrN2O2/c23-20-11-21(26-14-16-7-3-1-4-8-16)18(12-24)19(13-25)22(20)27-15-17-9-5-2-6-10-17/h1-11H,14-15H2. The van der Waals surface area contributed by atoms with E-state index in [2.05, 4.69) is 28.1 Å². The van der Waals surface area contributed by atoms with Crippen LogP contribution in [-0.4, -0.2) is 0 Å². The summed E-state index contributed by atoms with van der Waals surface area (Å²) >= 11 is 3.44. The molecule has 0 bridgehead atoms. The van der Waals surface area contributed by atoms with E-state index in [-0.39, 0.29) is 11.1 Å². The largest absolute Gasteiger partial charge is 0.487 e. The van der Waals surface area contributed by atoms with Crippen molar-refractivity contribution >= 4 is 15.9 Å². The Bertz CT molecular complexity index is 1010. The van der Waals surface area contributed by atoms with Gasteiger partial charge in [0.25, 0.3) is 0 Å². The van der Waals surface area contributed by atoms with Gasteiger partial charge in [-0.05, 0) is 33.1 Å². The first kappa shape index (κ1) is 18.5. The highest BCUT2D eigenvalue weighted by Gasteiger charge is 2.20. The lowest BCUT2D eigenvalue weighted by molar-refractivity contribution is 0.294. The van der Waals surface area contributed by atoms with Gasteiger partial charge in [0.05, 0.1) is 4.47 Å². The minimum absolute atomic E-state index is 0.158. The van der Waals surface area contributed by atoms with Crippen LogP contribution in [0.2, 0.25) is 0 Å². The Kier molecular flexibility index (Phi) is 6.10. The van der Waals surface area contributed by atoms with E-state index < -0.39 is 0 Å². The second-order valence-electron chi connectivity index (χ2n) is 5.71. The highest BCUT2D eigenvalue weighted by molar-refractivity contribution is 9.10. The van der Waals surface area contributed by atoms with Crippen LogP contribution in [0.15, 0.2) is 71.2 Å². The van der Waals surface area contributed by atoms with Gasteiger partial charge in [0, 0.05) is 0 Å². The molecule has 0 aliphatic heterocycles. The maximum absolute atomic E-state index is 9.60. The van der Waals surface area contributed by atoms with Crippen LogP contribution >= 0.6 is 15.9 Å². The molecule has 5 heteroatoms. The number of nitrogens with zero attached hydrogens (tertiary/aromatic N) is 2. The van der Waals surface area contributed by atoms with Crippen molar-refractivity contribution in [3.63, 3.8) is 0 Å². The molecule has 0 unspecified atom stereocenters. The van der Waals surface area contributed by atoms with Crippen LogP contribution in [0.5, 0.6) is 11.5 Å². The highest BCUT2D eigenvalue weighted by Crippen LogP contribution is 2.38. The summed E-state index contributed by atoms with van der Waals surface area (Å²) in [6.45, 7) is 0.597. The number of halogens is 1. The number of ether oxygens (including phenoxy) is 2. The maximum atomic E-state index is 9.60. The van der Waals surface area contributed by atoms with Gasteiger partial charge in [0.1, 0.15) is 42.2 Å². The summed E-state index contributed by atoms with van der Waals surface area (Å²) in [5, 5.41) is 19.2. The fourth-order valence-electron chi connectivity index (χ4n) is 2.55. The second-order valence-corrected chi connectivity index (χ2v) is 6.56. The van der Waals surface area contributed by atoms with Crippen LogP contribution in [0.3, 0.4) is 0 Å². The topological polar surface area (TPSA) is 66.0 Å². The molecule has 0 atom stereocenters. The summed E-state index contributed by atoms with van der Waals surface area (Å²) in [6.07, 6.45) is 0. The average Bonchev–Trinajstić information content (AvgIpc) is 2.72. The van der Waals surface area contributed by atoms with Crippen molar-refractivity contribution in [3.05, 3.63) is 93.5 Å². The zero-order valence-electron chi connectivity index (χ0n) is 14.4. The van der Waals surface area contributed by atoms with E-state index in [0.29, 0.717) is 29.2 Å². The Balaban J connectivity index is 1.87. The average molecular weight is 419 g/mol. The summed E-state index contributed by atoms with van der Waals surface area (Å²) in [5.41, 5.74) is 2.27. The molecule has 0 fully saturated rings. The molecule has 0 amide bonds. The van der Waals surface area contributed by atoms with Crippen LogP contribution in [0.1, 0.15) is 22.3 Å². The summed E-state index contributed by atoms with van der Waals surface area (Å²) < 4.78 is 12.2. The summed E-state index contributed by atoms with van der Waals surface area (Å²) in [7, 11) is 0. The van der Waals surface area contributed by atoms with E-state index in [9.17, 15) is 10.5 Å². The normalized spacial score (nSPS) is 9.89. The summed E-state index contributed by atoms with van der Waals surface area (Å²) in [4.78, 5) is 0. The van der Waals surface area contributed by atoms with Crippen LogP contribution in [0.25, 0.3) is 0 Å². The van der Waals surface area contributed by atoms with Gasteiger partial charge in [-0.25, -0.2) is 0 Å². The minimum Gasteiger partial charge on any atom is -0.487 e. The third-order valence-electron chi connectivity index (χ3n) is 3.88. The van der Waals surface area contributed by atoms with Crippen molar-refractivity contribution < 1.29 is 9.47 Å². The maximum Gasteiger partial charge on any atom is 0.153 e. The molecule has 0 aliphatic carbocycles. The fraction of sp³-hybridized carbons (Fsp3) is 0.0909. The van der Waals surface area contributed by atoms with E-state index in [1.165, 1.54) is 0 Å². The lowest BCUT2D eigenvalue weighted by atomic mass is 10.1. The van der Waals surface area contributed by atoms with Crippen LogP contribution in [-0.2, 0) is 13.2 Å². The van der Waals surface area contributed by atoms with Crippen molar-refractivity contribution in [2.45, 2.75) is 13.2 Å². The molecule has 0 spiro atoms. The Morgan fingerprint density at radius 2 is 1.26 bits per heavy atom. The molecule has 0 saturated carbocycles. The third kappa shape index (κ3) is 4.47. The molecule has 3 aromatic rings. The van der Waals surface area contributed by atoms with Gasteiger partial charge in [-0.2, -0.15) is 10.5 Å². The van der Waals surface area contributed by atoms with E-state index in [4.69, 9.17) is 9.47 Å². The molecule has 27 heavy (non-hydrogen) atoms. The lowest BCUT2D eigenvalue weighted by Gasteiger charge is -2.15. The van der Waals surface area contributed by atoms with Gasteiger partial charge in [-0.3, -0.25) is 0 Å². The van der Waals surface area contributed by atoms with Gasteiger partial charge in [0.15, 0.2) is 5.75 Å². The molecule has 0 radical (unpaired) electrons. The van der Waals surface area contributed by atoms with Gasteiger partial charge in [-0.1, -0.05) is 60.7 Å². The molecule has 0 heterocycles. The molecule has 3 rings (SSSR count). The minimum atomic E-state index is 0.158. The van der Waals surface area contributed by atoms with Crippen molar-refractivity contribution in [2.24, 2.45) is 0 Å². The van der Waals surface area contributed by atoms with Gasteiger partial charge in [0.2, 0.25) is 0 Å². The van der Waals surface area contributed by atoms with Gasteiger partial charge >= 0.3 is 0 Å². The number of benzene rings is 3. The van der Waals surface area contributed by atoms with Crippen molar-refractivity contribution in [1.29, 1.82) is 10.5 Å². The van der Waals surface area contributed by atoms with Crippen molar-refractivity contribution in [3.8, 4) is 23.6 Å². The highest BCUT2D eigenvalue weighted by atomic mass is 79.9. The number of hydrogen-bond donors (Lipinski definition) is 0. The zero-order chi connectivity index (χ0) is 19.1. The third-order valence-corrected chi connectivity index (χ3v) is 4.47.